The van der Waals surface area contributed by atoms with Crippen LogP contribution in [0.1, 0.15) is 37.7 Å². The lowest BCUT2D eigenvalue weighted by Gasteiger charge is -2.36. The fourth-order valence-electron chi connectivity index (χ4n) is 2.56. The van der Waals surface area contributed by atoms with Gasteiger partial charge >= 0.3 is 0 Å². The molecule has 0 atom stereocenters. The van der Waals surface area contributed by atoms with E-state index < -0.39 is 0 Å². The van der Waals surface area contributed by atoms with Gasteiger partial charge in [0.2, 0.25) is 0 Å². The first-order chi connectivity index (χ1) is 8.65. The second kappa shape index (κ2) is 6.51. The maximum Gasteiger partial charge on any atom is 0.0613 e. The van der Waals surface area contributed by atoms with E-state index in [9.17, 15) is 5.11 Å². The summed E-state index contributed by atoms with van der Waals surface area (Å²) in [6, 6.07) is 6.27. The third kappa shape index (κ3) is 3.56. The van der Waals surface area contributed by atoms with E-state index in [1.807, 2.05) is 6.07 Å². The summed E-state index contributed by atoms with van der Waals surface area (Å²) in [5, 5.41) is 13.2. The first kappa shape index (κ1) is 14.5. The van der Waals surface area contributed by atoms with Crippen LogP contribution in [-0.4, -0.2) is 17.3 Å². The van der Waals surface area contributed by atoms with E-state index in [-0.39, 0.29) is 12.1 Å². The van der Waals surface area contributed by atoms with Crippen LogP contribution in [0.15, 0.2) is 27.1 Å². The summed E-state index contributed by atoms with van der Waals surface area (Å²) in [5.74, 6) is 0. The molecule has 1 aromatic rings. The molecule has 1 aromatic carbocycles. The highest BCUT2D eigenvalue weighted by Crippen LogP contribution is 2.29. The Morgan fingerprint density at radius 1 is 1.11 bits per heavy atom. The molecule has 2 nitrogen and oxygen atoms in total. The Bertz CT molecular complexity index is 403. The Hall–Kier alpha value is 0.1000. The van der Waals surface area contributed by atoms with E-state index in [0.717, 1.165) is 28.3 Å². The molecule has 18 heavy (non-hydrogen) atoms. The molecule has 0 unspecified atom stereocenters. The van der Waals surface area contributed by atoms with Gasteiger partial charge in [0.25, 0.3) is 0 Å². The molecule has 0 saturated heterocycles. The quantitative estimate of drug-likeness (QED) is 0.832. The largest absolute Gasteiger partial charge is 0.394 e. The van der Waals surface area contributed by atoms with Crippen molar-refractivity contribution in [3.05, 3.63) is 32.7 Å². The van der Waals surface area contributed by atoms with E-state index in [1.54, 1.807) is 0 Å². The van der Waals surface area contributed by atoms with Crippen LogP contribution >= 0.6 is 31.9 Å². The second-order valence-corrected chi connectivity index (χ2v) is 6.81. The zero-order valence-corrected chi connectivity index (χ0v) is 13.6. The van der Waals surface area contributed by atoms with Crippen LogP contribution in [0.3, 0.4) is 0 Å². The molecule has 0 radical (unpaired) electrons. The number of benzene rings is 1. The number of aliphatic hydroxyl groups excluding tert-OH is 1. The van der Waals surface area contributed by atoms with Crippen molar-refractivity contribution in [3.63, 3.8) is 0 Å². The van der Waals surface area contributed by atoms with E-state index >= 15 is 0 Å². The monoisotopic (exact) mass is 375 g/mol. The van der Waals surface area contributed by atoms with Gasteiger partial charge in [0.15, 0.2) is 0 Å². The van der Waals surface area contributed by atoms with E-state index in [0.29, 0.717) is 0 Å². The maximum absolute atomic E-state index is 9.64. The average Bonchev–Trinajstić information content (AvgIpc) is 2.41. The lowest BCUT2D eigenvalue weighted by molar-refractivity contribution is 0.119. The molecule has 0 spiro atoms. The van der Waals surface area contributed by atoms with Gasteiger partial charge in [-0.1, -0.05) is 25.3 Å². The van der Waals surface area contributed by atoms with Gasteiger partial charge in [0.1, 0.15) is 0 Å². The fraction of sp³-hybridized carbons (Fsp3) is 0.571. The minimum Gasteiger partial charge on any atom is -0.394 e. The van der Waals surface area contributed by atoms with Crippen molar-refractivity contribution in [2.24, 2.45) is 0 Å². The van der Waals surface area contributed by atoms with Crippen molar-refractivity contribution in [3.8, 4) is 0 Å². The number of halogens is 2. The molecule has 2 rings (SSSR count). The third-order valence-electron chi connectivity index (χ3n) is 3.76. The summed E-state index contributed by atoms with van der Waals surface area (Å²) in [7, 11) is 0. The number of aliphatic hydroxyl groups is 1. The Kier molecular flexibility index (Phi) is 5.24. The minimum atomic E-state index is -0.0577. The molecular formula is C14H19Br2NO. The van der Waals surface area contributed by atoms with E-state index in [4.69, 9.17) is 0 Å². The topological polar surface area (TPSA) is 32.3 Å². The standard InChI is InChI=1S/C14H19Br2NO/c15-12-5-4-11(8-13(12)16)9-17-14(10-18)6-2-1-3-7-14/h4-5,8,17-18H,1-3,6-7,9-10H2. The molecule has 1 aliphatic rings. The molecule has 1 fully saturated rings. The molecule has 0 bridgehead atoms. The van der Waals surface area contributed by atoms with E-state index in [2.05, 4.69) is 49.3 Å². The third-order valence-corrected chi connectivity index (χ3v) is 5.64. The predicted molar refractivity (Wildman–Crippen MR) is 81.6 cm³/mol. The Morgan fingerprint density at radius 3 is 2.44 bits per heavy atom. The highest BCUT2D eigenvalue weighted by Gasteiger charge is 2.30. The maximum atomic E-state index is 9.64. The molecule has 100 valence electrons. The first-order valence-electron chi connectivity index (χ1n) is 6.45. The van der Waals surface area contributed by atoms with Crippen molar-refractivity contribution >= 4 is 31.9 Å². The molecule has 1 aliphatic carbocycles. The number of hydrogen-bond acceptors (Lipinski definition) is 2. The zero-order chi connectivity index (χ0) is 13.0. The normalized spacial score (nSPS) is 18.8. The minimum absolute atomic E-state index is 0.0577. The predicted octanol–water partition coefficient (Wildman–Crippen LogP) is 4.00. The Balaban J connectivity index is 1.98. The highest BCUT2D eigenvalue weighted by molar-refractivity contribution is 9.13. The molecule has 0 heterocycles. The summed E-state index contributed by atoms with van der Waals surface area (Å²) >= 11 is 6.99. The molecule has 1 saturated carbocycles. The lowest BCUT2D eigenvalue weighted by Crippen LogP contribution is -2.49. The fourth-order valence-corrected chi connectivity index (χ4v) is 3.23. The van der Waals surface area contributed by atoms with Crippen LogP contribution in [0.2, 0.25) is 0 Å². The SMILES string of the molecule is OCC1(NCc2ccc(Br)c(Br)c2)CCCCC1. The zero-order valence-electron chi connectivity index (χ0n) is 10.4. The Morgan fingerprint density at radius 2 is 1.83 bits per heavy atom. The number of rotatable bonds is 4. The highest BCUT2D eigenvalue weighted by atomic mass is 79.9. The Labute approximate surface area is 125 Å². The van der Waals surface area contributed by atoms with Crippen molar-refractivity contribution in [1.82, 2.24) is 5.32 Å². The average molecular weight is 377 g/mol. The molecule has 2 N–H and O–H groups in total. The van der Waals surface area contributed by atoms with Crippen LogP contribution in [0.5, 0.6) is 0 Å². The summed E-state index contributed by atoms with van der Waals surface area (Å²) in [6.07, 6.45) is 5.91. The van der Waals surface area contributed by atoms with Crippen LogP contribution < -0.4 is 5.32 Å². The smallest absolute Gasteiger partial charge is 0.0613 e. The summed E-state index contributed by atoms with van der Waals surface area (Å²) < 4.78 is 2.14. The summed E-state index contributed by atoms with van der Waals surface area (Å²) in [6.45, 7) is 1.05. The van der Waals surface area contributed by atoms with Gasteiger partial charge in [-0.05, 0) is 62.4 Å². The number of nitrogens with one attached hydrogen (secondary N) is 1. The first-order valence-corrected chi connectivity index (χ1v) is 8.04. The van der Waals surface area contributed by atoms with Gasteiger partial charge in [-0.3, -0.25) is 0 Å². The second-order valence-electron chi connectivity index (χ2n) is 5.10. The molecule has 0 amide bonds. The van der Waals surface area contributed by atoms with Gasteiger partial charge < -0.3 is 10.4 Å². The van der Waals surface area contributed by atoms with Gasteiger partial charge in [0.05, 0.1) is 6.61 Å². The van der Waals surface area contributed by atoms with Crippen LogP contribution in [0.25, 0.3) is 0 Å². The van der Waals surface area contributed by atoms with Gasteiger partial charge in [-0.15, -0.1) is 0 Å². The van der Waals surface area contributed by atoms with Gasteiger partial charge in [-0.2, -0.15) is 0 Å². The van der Waals surface area contributed by atoms with Crippen LogP contribution in [0, 0.1) is 0 Å². The summed E-state index contributed by atoms with van der Waals surface area (Å²) in [5.41, 5.74) is 1.18. The van der Waals surface area contributed by atoms with Crippen molar-refractivity contribution in [1.29, 1.82) is 0 Å². The van der Waals surface area contributed by atoms with Gasteiger partial charge in [0, 0.05) is 21.0 Å². The van der Waals surface area contributed by atoms with E-state index in [1.165, 1.54) is 24.8 Å². The lowest BCUT2D eigenvalue weighted by atomic mass is 9.82. The van der Waals surface area contributed by atoms with Crippen molar-refractivity contribution < 1.29 is 5.11 Å². The van der Waals surface area contributed by atoms with Crippen LogP contribution in [-0.2, 0) is 6.54 Å². The summed E-state index contributed by atoms with van der Waals surface area (Å²) in [4.78, 5) is 0. The van der Waals surface area contributed by atoms with Crippen molar-refractivity contribution in [2.45, 2.75) is 44.2 Å². The molecule has 0 aliphatic heterocycles. The molecular weight excluding hydrogens is 358 g/mol. The molecule has 4 heteroatoms. The number of hydrogen-bond donors (Lipinski definition) is 2. The van der Waals surface area contributed by atoms with Gasteiger partial charge in [-0.25, -0.2) is 0 Å². The molecule has 0 aromatic heterocycles. The van der Waals surface area contributed by atoms with Crippen LogP contribution in [0.4, 0.5) is 0 Å². The van der Waals surface area contributed by atoms with Crippen molar-refractivity contribution in [2.75, 3.05) is 6.61 Å².